The summed E-state index contributed by atoms with van der Waals surface area (Å²) in [4.78, 5) is 4.32. The van der Waals surface area contributed by atoms with Gasteiger partial charge in [0.25, 0.3) is 0 Å². The summed E-state index contributed by atoms with van der Waals surface area (Å²) in [6.07, 6.45) is 6.02. The molecular weight excluding hydrogens is 134 g/mol. The summed E-state index contributed by atoms with van der Waals surface area (Å²) in [5.41, 5.74) is 0.0569. The number of aliphatic imine (C=N–C) groups is 1. The zero-order valence-corrected chi connectivity index (χ0v) is 8.26. The number of hydrogen-bond donors (Lipinski definition) is 0. The second-order valence-corrected chi connectivity index (χ2v) is 4.08. The van der Waals surface area contributed by atoms with Crippen molar-refractivity contribution in [1.29, 1.82) is 0 Å². The van der Waals surface area contributed by atoms with E-state index in [1.807, 2.05) is 12.3 Å². The summed E-state index contributed by atoms with van der Waals surface area (Å²) in [6, 6.07) is 0. The van der Waals surface area contributed by atoms with Crippen molar-refractivity contribution >= 4 is 6.21 Å². The molecule has 11 heavy (non-hydrogen) atoms. The Bertz CT molecular complexity index is 147. The summed E-state index contributed by atoms with van der Waals surface area (Å²) in [5, 5.41) is 0. The predicted molar refractivity (Wildman–Crippen MR) is 52.2 cm³/mol. The Hall–Kier alpha value is -0.590. The maximum atomic E-state index is 4.32. The average Bonchev–Trinajstić information content (AvgIpc) is 1.78. The Morgan fingerprint density at radius 3 is 2.09 bits per heavy atom. The van der Waals surface area contributed by atoms with Crippen molar-refractivity contribution in [1.82, 2.24) is 0 Å². The fourth-order valence-electron chi connectivity index (χ4n) is 0.539. The Morgan fingerprint density at radius 2 is 1.73 bits per heavy atom. The number of allylic oxidation sites excluding steroid dienone is 2. The fraction of sp³-hybridized carbons (Fsp3) is 0.700. The van der Waals surface area contributed by atoms with Crippen LogP contribution in [0.2, 0.25) is 0 Å². The van der Waals surface area contributed by atoms with Gasteiger partial charge in [0.2, 0.25) is 0 Å². The second-order valence-electron chi connectivity index (χ2n) is 4.08. The largest absolute Gasteiger partial charge is 0.287 e. The lowest BCUT2D eigenvalue weighted by molar-refractivity contribution is 0.587. The molecule has 0 aromatic heterocycles. The van der Waals surface area contributed by atoms with Crippen LogP contribution in [0.3, 0.4) is 0 Å². The van der Waals surface area contributed by atoms with E-state index in [0.717, 1.165) is 0 Å². The molecule has 0 unspecified atom stereocenters. The van der Waals surface area contributed by atoms with E-state index in [9.17, 15) is 0 Å². The molecule has 0 atom stereocenters. The molecule has 0 radical (unpaired) electrons. The van der Waals surface area contributed by atoms with Gasteiger partial charge in [-0.05, 0) is 32.8 Å². The highest BCUT2D eigenvalue weighted by Gasteiger charge is 2.02. The van der Waals surface area contributed by atoms with Crippen molar-refractivity contribution in [3.63, 3.8) is 0 Å². The molecule has 0 aliphatic heterocycles. The van der Waals surface area contributed by atoms with Gasteiger partial charge in [0.05, 0.1) is 5.54 Å². The number of hydrogen-bond acceptors (Lipinski definition) is 1. The van der Waals surface area contributed by atoms with Crippen LogP contribution in [0.15, 0.2) is 17.1 Å². The first-order valence-corrected chi connectivity index (χ1v) is 4.14. The van der Waals surface area contributed by atoms with Gasteiger partial charge >= 0.3 is 0 Å². The highest BCUT2D eigenvalue weighted by Crippen LogP contribution is 2.04. The molecule has 0 spiro atoms. The van der Waals surface area contributed by atoms with Gasteiger partial charge in [-0.1, -0.05) is 19.9 Å². The van der Waals surface area contributed by atoms with Gasteiger partial charge in [-0.2, -0.15) is 0 Å². The fourth-order valence-corrected chi connectivity index (χ4v) is 0.539. The molecular formula is C10H19N. The molecule has 0 rings (SSSR count). The van der Waals surface area contributed by atoms with E-state index in [2.05, 4.69) is 45.7 Å². The van der Waals surface area contributed by atoms with Gasteiger partial charge in [-0.15, -0.1) is 0 Å². The van der Waals surface area contributed by atoms with Gasteiger partial charge in [-0.3, -0.25) is 4.99 Å². The van der Waals surface area contributed by atoms with Crippen molar-refractivity contribution < 1.29 is 0 Å². The standard InChI is InChI=1S/C10H19N/c1-9(2)7-6-8-11-10(3,4)5/h6-9H,1-5H3/b7-6-,11-8?. The Morgan fingerprint density at radius 1 is 1.18 bits per heavy atom. The Balaban J connectivity index is 3.78. The van der Waals surface area contributed by atoms with Crippen LogP contribution in [0.25, 0.3) is 0 Å². The average molecular weight is 153 g/mol. The Labute approximate surface area is 70.2 Å². The van der Waals surface area contributed by atoms with E-state index in [1.54, 1.807) is 0 Å². The summed E-state index contributed by atoms with van der Waals surface area (Å²) >= 11 is 0. The molecule has 0 saturated heterocycles. The van der Waals surface area contributed by atoms with Crippen LogP contribution in [0.4, 0.5) is 0 Å². The van der Waals surface area contributed by atoms with E-state index in [4.69, 9.17) is 0 Å². The highest BCUT2D eigenvalue weighted by molar-refractivity contribution is 5.71. The quantitative estimate of drug-likeness (QED) is 0.541. The van der Waals surface area contributed by atoms with Crippen molar-refractivity contribution in [3.05, 3.63) is 12.2 Å². The second kappa shape index (κ2) is 4.32. The van der Waals surface area contributed by atoms with Crippen LogP contribution in [0, 0.1) is 5.92 Å². The lowest BCUT2D eigenvalue weighted by Crippen LogP contribution is -2.08. The molecule has 0 aliphatic carbocycles. The van der Waals surface area contributed by atoms with E-state index in [0.29, 0.717) is 5.92 Å². The van der Waals surface area contributed by atoms with Crippen LogP contribution < -0.4 is 0 Å². The third kappa shape index (κ3) is 9.41. The molecule has 64 valence electrons. The topological polar surface area (TPSA) is 12.4 Å². The summed E-state index contributed by atoms with van der Waals surface area (Å²) < 4.78 is 0. The third-order valence-electron chi connectivity index (χ3n) is 1.04. The Kier molecular flexibility index (Phi) is 4.09. The lowest BCUT2D eigenvalue weighted by atomic mass is 10.1. The van der Waals surface area contributed by atoms with Crippen molar-refractivity contribution in [3.8, 4) is 0 Å². The molecule has 0 aromatic rings. The first-order valence-electron chi connectivity index (χ1n) is 4.14. The van der Waals surface area contributed by atoms with Gasteiger partial charge < -0.3 is 0 Å². The molecule has 1 nitrogen and oxygen atoms in total. The van der Waals surface area contributed by atoms with Crippen molar-refractivity contribution in [2.45, 2.75) is 40.2 Å². The highest BCUT2D eigenvalue weighted by atomic mass is 14.8. The minimum Gasteiger partial charge on any atom is -0.287 e. The van der Waals surface area contributed by atoms with Crippen molar-refractivity contribution in [2.75, 3.05) is 0 Å². The molecule has 0 N–H and O–H groups in total. The molecule has 0 aliphatic rings. The monoisotopic (exact) mass is 153 g/mol. The molecule has 0 bridgehead atoms. The first kappa shape index (κ1) is 10.4. The molecule has 0 amide bonds. The maximum Gasteiger partial charge on any atom is 0.0524 e. The molecule has 1 heteroatoms. The van der Waals surface area contributed by atoms with Gasteiger partial charge in [0, 0.05) is 6.21 Å². The van der Waals surface area contributed by atoms with E-state index < -0.39 is 0 Å². The van der Waals surface area contributed by atoms with Gasteiger partial charge in [-0.25, -0.2) is 0 Å². The minimum atomic E-state index is 0.0569. The van der Waals surface area contributed by atoms with Gasteiger partial charge in [0.1, 0.15) is 0 Å². The van der Waals surface area contributed by atoms with Crippen LogP contribution >= 0.6 is 0 Å². The third-order valence-corrected chi connectivity index (χ3v) is 1.04. The van der Waals surface area contributed by atoms with Crippen molar-refractivity contribution in [2.24, 2.45) is 10.9 Å². The van der Waals surface area contributed by atoms with E-state index in [1.165, 1.54) is 0 Å². The lowest BCUT2D eigenvalue weighted by Gasteiger charge is -2.09. The summed E-state index contributed by atoms with van der Waals surface area (Å²) in [5.74, 6) is 0.612. The van der Waals surface area contributed by atoms with Crippen LogP contribution in [0.1, 0.15) is 34.6 Å². The number of nitrogens with zero attached hydrogens (tertiary/aromatic N) is 1. The van der Waals surface area contributed by atoms with E-state index in [-0.39, 0.29) is 5.54 Å². The van der Waals surface area contributed by atoms with E-state index >= 15 is 0 Å². The molecule has 0 heterocycles. The first-order chi connectivity index (χ1) is 4.92. The zero-order valence-electron chi connectivity index (χ0n) is 8.26. The smallest absolute Gasteiger partial charge is 0.0524 e. The molecule has 0 fully saturated rings. The molecule has 0 aromatic carbocycles. The van der Waals surface area contributed by atoms with Crippen LogP contribution in [-0.2, 0) is 0 Å². The molecule has 0 saturated carbocycles. The number of rotatable bonds is 2. The maximum absolute atomic E-state index is 4.32. The SMILES string of the molecule is CC(C)/C=C\C=NC(C)(C)C. The van der Waals surface area contributed by atoms with Crippen LogP contribution in [0.5, 0.6) is 0 Å². The minimum absolute atomic E-state index is 0.0569. The van der Waals surface area contributed by atoms with Gasteiger partial charge in [0.15, 0.2) is 0 Å². The summed E-state index contributed by atoms with van der Waals surface area (Å²) in [6.45, 7) is 10.6. The normalized spacial score (nSPS) is 14.0. The summed E-state index contributed by atoms with van der Waals surface area (Å²) in [7, 11) is 0. The van der Waals surface area contributed by atoms with Crippen LogP contribution in [-0.4, -0.2) is 11.8 Å². The predicted octanol–water partition coefficient (Wildman–Crippen LogP) is 3.07. The zero-order chi connectivity index (χ0) is 8.91.